The Hall–Kier alpha value is -3.18. The largest absolute Gasteiger partial charge is 0.337 e. The average Bonchev–Trinajstić information content (AvgIpc) is 2.70. The number of aromatic nitrogens is 1. The van der Waals surface area contributed by atoms with Gasteiger partial charge in [-0.05, 0) is 29.8 Å². The molecule has 3 aromatic rings. The van der Waals surface area contributed by atoms with Crippen LogP contribution in [0.25, 0.3) is 0 Å². The van der Waals surface area contributed by atoms with Crippen molar-refractivity contribution in [3.63, 3.8) is 0 Å². The molecule has 6 heteroatoms. The number of hydrogen-bond acceptors (Lipinski definition) is 3. The second-order valence-electron chi connectivity index (χ2n) is 6.01. The Bertz CT molecular complexity index is 960. The van der Waals surface area contributed by atoms with E-state index in [-0.39, 0.29) is 11.6 Å². The number of halogens is 1. The number of carbonyl (C=O) groups is 2. The van der Waals surface area contributed by atoms with E-state index in [0.717, 1.165) is 5.56 Å². The predicted molar refractivity (Wildman–Crippen MR) is 106 cm³/mol. The molecule has 1 heterocycles. The van der Waals surface area contributed by atoms with Crippen molar-refractivity contribution in [3.05, 3.63) is 94.8 Å². The predicted octanol–water partition coefficient (Wildman–Crippen LogP) is 4.26. The summed E-state index contributed by atoms with van der Waals surface area (Å²) in [6.07, 6.45) is 1.45. The minimum absolute atomic E-state index is 0.147. The Morgan fingerprint density at radius 3 is 2.48 bits per heavy atom. The monoisotopic (exact) mass is 379 g/mol. The molecule has 5 nitrogen and oxygen atoms in total. The molecule has 0 bridgehead atoms. The SMILES string of the molecule is CN(Cc1ccccc1)C(=O)c1ccnc(C(=O)Nc2ccccc2Cl)c1. The van der Waals surface area contributed by atoms with Gasteiger partial charge in [0, 0.05) is 25.4 Å². The van der Waals surface area contributed by atoms with E-state index in [4.69, 9.17) is 11.6 Å². The summed E-state index contributed by atoms with van der Waals surface area (Å²) in [7, 11) is 1.72. The maximum absolute atomic E-state index is 12.7. The highest BCUT2D eigenvalue weighted by molar-refractivity contribution is 6.33. The molecule has 27 heavy (non-hydrogen) atoms. The van der Waals surface area contributed by atoms with E-state index >= 15 is 0 Å². The molecule has 0 saturated carbocycles. The summed E-state index contributed by atoms with van der Waals surface area (Å²) in [5.74, 6) is -0.614. The lowest BCUT2D eigenvalue weighted by molar-refractivity contribution is 0.0785. The molecule has 1 aromatic heterocycles. The van der Waals surface area contributed by atoms with Crippen LogP contribution < -0.4 is 5.32 Å². The number of para-hydroxylation sites is 1. The lowest BCUT2D eigenvalue weighted by atomic mass is 10.1. The van der Waals surface area contributed by atoms with E-state index in [2.05, 4.69) is 10.3 Å². The van der Waals surface area contributed by atoms with Gasteiger partial charge in [0.25, 0.3) is 11.8 Å². The van der Waals surface area contributed by atoms with Crippen molar-refractivity contribution in [1.82, 2.24) is 9.88 Å². The van der Waals surface area contributed by atoms with Crippen molar-refractivity contribution in [2.75, 3.05) is 12.4 Å². The molecular weight excluding hydrogens is 362 g/mol. The zero-order valence-electron chi connectivity index (χ0n) is 14.7. The third-order valence-electron chi connectivity index (χ3n) is 3.97. The first kappa shape index (κ1) is 18.6. The Labute approximate surface area is 162 Å². The molecule has 0 atom stereocenters. The molecule has 136 valence electrons. The van der Waals surface area contributed by atoms with Crippen molar-refractivity contribution in [2.24, 2.45) is 0 Å². The first-order valence-electron chi connectivity index (χ1n) is 8.36. The quantitative estimate of drug-likeness (QED) is 0.720. The Kier molecular flexibility index (Phi) is 5.84. The van der Waals surface area contributed by atoms with Crippen LogP contribution >= 0.6 is 11.6 Å². The van der Waals surface area contributed by atoms with Gasteiger partial charge < -0.3 is 10.2 Å². The van der Waals surface area contributed by atoms with Crippen LogP contribution in [0.2, 0.25) is 5.02 Å². The topological polar surface area (TPSA) is 62.3 Å². The number of pyridine rings is 1. The van der Waals surface area contributed by atoms with Crippen molar-refractivity contribution < 1.29 is 9.59 Å². The van der Waals surface area contributed by atoms with E-state index < -0.39 is 5.91 Å². The Morgan fingerprint density at radius 1 is 1.04 bits per heavy atom. The summed E-state index contributed by atoms with van der Waals surface area (Å²) < 4.78 is 0. The molecule has 1 N–H and O–H groups in total. The molecule has 2 aromatic carbocycles. The highest BCUT2D eigenvalue weighted by Crippen LogP contribution is 2.21. The van der Waals surface area contributed by atoms with Gasteiger partial charge in [-0.3, -0.25) is 14.6 Å². The lowest BCUT2D eigenvalue weighted by Crippen LogP contribution is -2.26. The minimum Gasteiger partial charge on any atom is -0.337 e. The number of anilines is 1. The molecule has 0 unspecified atom stereocenters. The van der Waals surface area contributed by atoms with Gasteiger partial charge in [0.2, 0.25) is 0 Å². The van der Waals surface area contributed by atoms with E-state index in [9.17, 15) is 9.59 Å². The number of carbonyl (C=O) groups excluding carboxylic acids is 2. The van der Waals surface area contributed by atoms with Gasteiger partial charge in [-0.1, -0.05) is 54.1 Å². The molecule has 0 aliphatic heterocycles. The van der Waals surface area contributed by atoms with Crippen molar-refractivity contribution in [1.29, 1.82) is 0 Å². The standard InChI is InChI=1S/C21H18ClN3O2/c1-25(14-15-7-3-2-4-8-15)21(27)16-11-12-23-19(13-16)20(26)24-18-10-6-5-9-17(18)22/h2-13H,14H2,1H3,(H,24,26). The van der Waals surface area contributed by atoms with Crippen LogP contribution in [-0.2, 0) is 6.54 Å². The van der Waals surface area contributed by atoms with Gasteiger partial charge in [-0.2, -0.15) is 0 Å². The lowest BCUT2D eigenvalue weighted by Gasteiger charge is -2.17. The molecule has 0 saturated heterocycles. The van der Waals surface area contributed by atoms with Crippen LogP contribution in [0.15, 0.2) is 72.9 Å². The first-order valence-corrected chi connectivity index (χ1v) is 8.73. The fourth-order valence-corrected chi connectivity index (χ4v) is 2.77. The summed E-state index contributed by atoms with van der Waals surface area (Å²) in [6, 6.07) is 19.7. The number of nitrogens with zero attached hydrogens (tertiary/aromatic N) is 2. The van der Waals surface area contributed by atoms with Crippen LogP contribution in [-0.4, -0.2) is 28.7 Å². The Morgan fingerprint density at radius 2 is 1.74 bits per heavy atom. The van der Waals surface area contributed by atoms with E-state index in [1.165, 1.54) is 12.3 Å². The molecule has 0 spiro atoms. The summed E-state index contributed by atoms with van der Waals surface area (Å²) >= 11 is 6.06. The average molecular weight is 380 g/mol. The van der Waals surface area contributed by atoms with Gasteiger partial charge in [-0.15, -0.1) is 0 Å². The smallest absolute Gasteiger partial charge is 0.274 e. The van der Waals surface area contributed by atoms with Crippen molar-refractivity contribution in [2.45, 2.75) is 6.54 Å². The van der Waals surface area contributed by atoms with Crippen LogP contribution in [0, 0.1) is 0 Å². The van der Waals surface area contributed by atoms with Gasteiger partial charge >= 0.3 is 0 Å². The fourth-order valence-electron chi connectivity index (χ4n) is 2.59. The highest BCUT2D eigenvalue weighted by Gasteiger charge is 2.16. The first-order chi connectivity index (χ1) is 13.0. The Balaban J connectivity index is 1.73. The summed E-state index contributed by atoms with van der Waals surface area (Å²) in [5, 5.41) is 3.13. The van der Waals surface area contributed by atoms with Crippen molar-refractivity contribution in [3.8, 4) is 0 Å². The highest BCUT2D eigenvalue weighted by atomic mass is 35.5. The van der Waals surface area contributed by atoms with Crippen LogP contribution in [0.3, 0.4) is 0 Å². The molecule has 0 fully saturated rings. The molecule has 0 aliphatic rings. The third kappa shape index (κ3) is 4.71. The number of amides is 2. The summed E-state index contributed by atoms with van der Waals surface area (Å²) in [5.41, 5.74) is 2.06. The zero-order chi connectivity index (χ0) is 19.2. The second-order valence-corrected chi connectivity index (χ2v) is 6.42. The minimum atomic E-state index is -0.427. The molecule has 3 rings (SSSR count). The maximum atomic E-state index is 12.7. The van der Waals surface area contributed by atoms with Gasteiger partial charge in [0.1, 0.15) is 5.69 Å². The number of hydrogen-bond donors (Lipinski definition) is 1. The summed E-state index contributed by atoms with van der Waals surface area (Å²) in [6.45, 7) is 0.475. The normalized spacial score (nSPS) is 10.3. The molecular formula is C21H18ClN3O2. The van der Waals surface area contributed by atoms with Crippen molar-refractivity contribution >= 4 is 29.1 Å². The van der Waals surface area contributed by atoms with E-state index in [1.54, 1.807) is 42.3 Å². The maximum Gasteiger partial charge on any atom is 0.274 e. The number of rotatable bonds is 5. The van der Waals surface area contributed by atoms with E-state index in [1.807, 2.05) is 30.3 Å². The number of benzene rings is 2. The van der Waals surface area contributed by atoms with Crippen LogP contribution in [0.4, 0.5) is 5.69 Å². The third-order valence-corrected chi connectivity index (χ3v) is 4.30. The number of nitrogens with one attached hydrogen (secondary N) is 1. The van der Waals surface area contributed by atoms with Gasteiger partial charge in [0.15, 0.2) is 0 Å². The van der Waals surface area contributed by atoms with Crippen LogP contribution in [0.1, 0.15) is 26.4 Å². The van der Waals surface area contributed by atoms with Gasteiger partial charge in [-0.25, -0.2) is 0 Å². The molecule has 2 amide bonds. The second kappa shape index (κ2) is 8.47. The molecule has 0 radical (unpaired) electrons. The molecule has 0 aliphatic carbocycles. The fraction of sp³-hybridized carbons (Fsp3) is 0.0952. The van der Waals surface area contributed by atoms with Crippen LogP contribution in [0.5, 0.6) is 0 Å². The zero-order valence-corrected chi connectivity index (χ0v) is 15.5. The van der Waals surface area contributed by atoms with E-state index in [0.29, 0.717) is 22.8 Å². The van der Waals surface area contributed by atoms with Gasteiger partial charge in [0.05, 0.1) is 10.7 Å². The summed E-state index contributed by atoms with van der Waals surface area (Å²) in [4.78, 5) is 30.8.